The van der Waals surface area contributed by atoms with Crippen LogP contribution in [0.15, 0.2) is 0 Å². The first-order valence-corrected chi connectivity index (χ1v) is 0.512. The van der Waals surface area contributed by atoms with Crippen LogP contribution in [0.3, 0.4) is 0 Å². The first-order valence-electron chi connectivity index (χ1n) is 0.512. The zero-order chi connectivity index (χ0) is 2.71. The first kappa shape index (κ1) is 9.20. The van der Waals surface area contributed by atoms with Gasteiger partial charge in [0.25, 0.3) is 0 Å². The smallest absolute Gasteiger partial charge is 0.337 e. The third-order valence-electron chi connectivity index (χ3n) is 0. The molecule has 0 atom stereocenters. The fraction of sp³-hybridized carbons (Fsp3) is 0. The van der Waals surface area contributed by atoms with E-state index in [1.54, 1.807) is 0 Å². The normalized spacial score (nSPS) is 1.75. The number of hydrogen-bond donors (Lipinski definition) is 1. The molecule has 0 aliphatic carbocycles. The van der Waals surface area contributed by atoms with Gasteiger partial charge in [-0.1, -0.05) is 0 Å². The second-order valence-electron chi connectivity index (χ2n) is 0.129. The van der Waals surface area contributed by atoms with Crippen molar-refractivity contribution in [1.29, 1.82) is 5.26 Å². The van der Waals surface area contributed by atoms with Gasteiger partial charge < -0.3 is 5.73 Å². The van der Waals surface area contributed by atoms with Gasteiger partial charge in [-0.05, 0) is 0 Å². The summed E-state index contributed by atoms with van der Waals surface area (Å²) in [7, 11) is 0. The quantitative estimate of drug-likeness (QED) is 0.328. The van der Waals surface area contributed by atoms with E-state index >= 15 is 0 Å². The van der Waals surface area contributed by atoms with E-state index in [2.05, 4.69) is 5.73 Å². The summed E-state index contributed by atoms with van der Waals surface area (Å²) >= 11 is 0. The van der Waals surface area contributed by atoms with Gasteiger partial charge in [0.05, 0.1) is 0 Å². The van der Waals surface area contributed by atoms with Gasteiger partial charge in [0.15, 0.2) is 6.19 Å². The number of nitriles is 1. The summed E-state index contributed by atoms with van der Waals surface area (Å²) in [6.07, 6.45) is 1.25. The molecule has 1 radical (unpaired) electrons. The Bertz CT molecular complexity index is 27.5. The average Bonchev–Trinajstić information content (AvgIpc) is 0.918. The molecule has 0 saturated carbocycles. The van der Waals surface area contributed by atoms with Gasteiger partial charge in [-0.2, -0.15) is 5.26 Å². The second-order valence-corrected chi connectivity index (χ2v) is 0.129. The van der Waals surface area contributed by atoms with Crippen molar-refractivity contribution in [3.05, 3.63) is 0 Å². The van der Waals surface area contributed by atoms with Crippen LogP contribution in [-0.2, 0) is 16.8 Å². The number of nitrogens with zero attached hydrogens (tertiary/aromatic N) is 1. The summed E-state index contributed by atoms with van der Waals surface area (Å²) in [4.78, 5) is 0. The van der Waals surface area contributed by atoms with Crippen LogP contribution in [-0.4, -0.2) is 0 Å². The van der Waals surface area contributed by atoms with E-state index in [9.17, 15) is 0 Å². The van der Waals surface area contributed by atoms with Crippen LogP contribution in [0.2, 0.25) is 0 Å². The predicted octanol–water partition coefficient (Wildman–Crippen LogP) is -0.576. The van der Waals surface area contributed by atoms with Crippen molar-refractivity contribution in [2.45, 2.75) is 0 Å². The maximum Gasteiger partial charge on any atom is 2.00 e. The molecular weight excluding hydrogens is 99.0 g/mol. The van der Waals surface area contributed by atoms with Crippen molar-refractivity contribution < 1.29 is 16.8 Å². The fourth-order valence-electron chi connectivity index (χ4n) is 0. The van der Waals surface area contributed by atoms with Crippen LogP contribution in [0.5, 0.6) is 0 Å². The summed E-state index contributed by atoms with van der Waals surface area (Å²) in [6.45, 7) is 0. The van der Waals surface area contributed by atoms with Gasteiger partial charge in [0.1, 0.15) is 0 Å². The molecule has 0 aliphatic heterocycles. The monoisotopic (exact) mass is 101 g/mol. The Kier molecular flexibility index (Phi) is 32.7. The van der Waals surface area contributed by atoms with Crippen LogP contribution >= 0.6 is 0 Å². The van der Waals surface area contributed by atoms with Crippen LogP contribution < -0.4 is 5.73 Å². The van der Waals surface area contributed by atoms with Crippen molar-refractivity contribution in [2.75, 3.05) is 0 Å². The Labute approximate surface area is 34.8 Å². The minimum absolute atomic E-state index is 0. The van der Waals surface area contributed by atoms with Crippen LogP contribution in [0.25, 0.3) is 0 Å². The Morgan fingerprint density at radius 2 is 1.75 bits per heavy atom. The molecule has 0 saturated heterocycles. The minimum Gasteiger partial charge on any atom is -0.337 e. The van der Waals surface area contributed by atoms with E-state index in [1.165, 1.54) is 6.19 Å². The fourth-order valence-corrected chi connectivity index (χ4v) is 0. The number of hydrogen-bond acceptors (Lipinski definition) is 2. The second kappa shape index (κ2) is 14.2. The van der Waals surface area contributed by atoms with Crippen molar-refractivity contribution in [3.8, 4) is 6.19 Å². The summed E-state index contributed by atoms with van der Waals surface area (Å²) < 4.78 is 0. The zero-order valence-electron chi connectivity index (χ0n) is 1.86. The summed E-state index contributed by atoms with van der Waals surface area (Å²) in [5.74, 6) is 0. The van der Waals surface area contributed by atoms with Crippen LogP contribution in [0.1, 0.15) is 0 Å². The van der Waals surface area contributed by atoms with E-state index in [4.69, 9.17) is 5.26 Å². The number of nitrogens with two attached hydrogens (primary N) is 1. The van der Waals surface area contributed by atoms with Crippen LogP contribution in [0, 0.1) is 11.5 Å². The molecule has 0 bridgehead atoms. The van der Waals surface area contributed by atoms with Crippen molar-refractivity contribution in [1.82, 2.24) is 0 Å². The molecule has 0 spiro atoms. The van der Waals surface area contributed by atoms with Gasteiger partial charge in [-0.25, -0.2) is 0 Å². The maximum atomic E-state index is 7.10. The van der Waals surface area contributed by atoms with Crippen molar-refractivity contribution in [2.24, 2.45) is 5.73 Å². The van der Waals surface area contributed by atoms with Crippen LogP contribution in [0.4, 0.5) is 0 Å². The average molecular weight is 101 g/mol. The third-order valence-corrected chi connectivity index (χ3v) is 0. The van der Waals surface area contributed by atoms with E-state index in [0.29, 0.717) is 0 Å². The van der Waals surface area contributed by atoms with Gasteiger partial charge >= 0.3 is 16.8 Å². The topological polar surface area (TPSA) is 49.8 Å². The Morgan fingerprint density at radius 1 is 1.75 bits per heavy atom. The van der Waals surface area contributed by atoms with E-state index < -0.39 is 0 Å². The molecule has 0 unspecified atom stereocenters. The van der Waals surface area contributed by atoms with Gasteiger partial charge in [-0.3, -0.25) is 0 Å². The number of rotatable bonds is 0. The Balaban J connectivity index is 0. The molecule has 0 aromatic rings. The molecule has 0 heterocycles. The molecule has 0 rings (SSSR count). The molecule has 4 heavy (non-hydrogen) atoms. The molecule has 2 nitrogen and oxygen atoms in total. The minimum atomic E-state index is 0. The molecule has 3 heteroatoms. The largest absolute Gasteiger partial charge is 2.00 e. The summed E-state index contributed by atoms with van der Waals surface area (Å²) in [6, 6.07) is 0. The zero-order valence-corrected chi connectivity index (χ0v) is 2.90. The van der Waals surface area contributed by atoms with Crippen molar-refractivity contribution >= 4 is 0 Å². The molecule has 0 amide bonds. The molecule has 0 fully saturated rings. The Morgan fingerprint density at radius 3 is 1.75 bits per heavy atom. The molecule has 0 aromatic heterocycles. The molecule has 0 aliphatic rings. The molecule has 0 aromatic carbocycles. The molecular formula is CH2CoN2+2. The van der Waals surface area contributed by atoms with Gasteiger partial charge in [0, 0.05) is 0 Å². The summed E-state index contributed by atoms with van der Waals surface area (Å²) in [5, 5.41) is 7.10. The predicted molar refractivity (Wildman–Crippen MR) is 9.80 cm³/mol. The van der Waals surface area contributed by atoms with E-state index in [1.807, 2.05) is 0 Å². The van der Waals surface area contributed by atoms with Gasteiger partial charge in [-0.15, -0.1) is 0 Å². The van der Waals surface area contributed by atoms with Gasteiger partial charge in [0.2, 0.25) is 0 Å². The third kappa shape index (κ3) is 27.5. The SMILES string of the molecule is N#CN.[Co+2]. The first-order chi connectivity index (χ1) is 1.41. The maximum absolute atomic E-state index is 7.10. The van der Waals surface area contributed by atoms with Crippen molar-refractivity contribution in [3.63, 3.8) is 0 Å². The molecule has 2 N–H and O–H groups in total. The summed E-state index contributed by atoms with van der Waals surface area (Å²) in [5.41, 5.74) is 4.15. The standard InChI is InChI=1S/CH2N2.Co/c2-1-3;/h2H2;/q;+2. The van der Waals surface area contributed by atoms with E-state index in [-0.39, 0.29) is 16.8 Å². The molecule has 23 valence electrons. The van der Waals surface area contributed by atoms with E-state index in [0.717, 1.165) is 0 Å². The Hall–Kier alpha value is -0.204.